The Kier molecular flexibility index (Phi) is 5.84. The van der Waals surface area contributed by atoms with Gasteiger partial charge in [-0.15, -0.1) is 0 Å². The first-order valence-corrected chi connectivity index (χ1v) is 9.51. The van der Waals surface area contributed by atoms with Crippen molar-refractivity contribution in [3.63, 3.8) is 0 Å². The van der Waals surface area contributed by atoms with Crippen LogP contribution in [0.25, 0.3) is 0 Å². The molecule has 0 spiro atoms. The van der Waals surface area contributed by atoms with Crippen LogP contribution in [0.4, 0.5) is 0 Å². The standard InChI is InChI=1S/C23H24N2O4/c1-27-17-7-9-18(10-8-17)29-22-14-24-25-23(22)20-12-11-19(13-21(20)26)28-15-16-5-3-2-4-6-16/h2-13,22-26H,14-15H2,1H3. The number of phenolic OH excluding ortho intramolecular Hbond substituents is 1. The highest BCUT2D eigenvalue weighted by Crippen LogP contribution is 2.33. The molecule has 1 fully saturated rings. The Morgan fingerprint density at radius 1 is 0.931 bits per heavy atom. The molecule has 3 aromatic carbocycles. The normalized spacial score (nSPS) is 18.4. The highest BCUT2D eigenvalue weighted by Gasteiger charge is 2.32. The second kappa shape index (κ2) is 8.86. The highest BCUT2D eigenvalue weighted by molar-refractivity contribution is 5.43. The Morgan fingerprint density at radius 2 is 1.66 bits per heavy atom. The molecule has 29 heavy (non-hydrogen) atoms. The fourth-order valence-corrected chi connectivity index (χ4v) is 3.31. The van der Waals surface area contributed by atoms with E-state index in [4.69, 9.17) is 14.2 Å². The third-order valence-corrected chi connectivity index (χ3v) is 4.86. The van der Waals surface area contributed by atoms with E-state index in [1.54, 1.807) is 13.2 Å². The minimum Gasteiger partial charge on any atom is -0.507 e. The van der Waals surface area contributed by atoms with E-state index in [0.717, 1.165) is 22.6 Å². The van der Waals surface area contributed by atoms with Gasteiger partial charge in [-0.2, -0.15) is 0 Å². The summed E-state index contributed by atoms with van der Waals surface area (Å²) in [5.74, 6) is 2.31. The zero-order valence-corrected chi connectivity index (χ0v) is 16.2. The molecule has 1 saturated heterocycles. The van der Waals surface area contributed by atoms with Gasteiger partial charge in [0.15, 0.2) is 0 Å². The van der Waals surface area contributed by atoms with Gasteiger partial charge in [-0.05, 0) is 42.0 Å². The van der Waals surface area contributed by atoms with Crippen LogP contribution in [0.15, 0.2) is 72.8 Å². The second-order valence-corrected chi connectivity index (χ2v) is 6.83. The number of hydrogen-bond acceptors (Lipinski definition) is 6. The number of benzene rings is 3. The molecule has 6 heteroatoms. The lowest BCUT2D eigenvalue weighted by molar-refractivity contribution is 0.195. The first-order valence-electron chi connectivity index (χ1n) is 9.51. The zero-order valence-electron chi connectivity index (χ0n) is 16.2. The summed E-state index contributed by atoms with van der Waals surface area (Å²) in [6.07, 6.45) is -0.176. The van der Waals surface area contributed by atoms with Crippen molar-refractivity contribution in [3.05, 3.63) is 83.9 Å². The summed E-state index contributed by atoms with van der Waals surface area (Å²) in [5.41, 5.74) is 8.12. The van der Waals surface area contributed by atoms with Crippen molar-refractivity contribution in [3.8, 4) is 23.0 Å². The second-order valence-electron chi connectivity index (χ2n) is 6.83. The Hall–Kier alpha value is -3.22. The van der Waals surface area contributed by atoms with Crippen molar-refractivity contribution in [1.82, 2.24) is 10.9 Å². The molecule has 2 atom stereocenters. The molecular formula is C23H24N2O4. The summed E-state index contributed by atoms with van der Waals surface area (Å²) < 4.78 is 17.1. The first-order chi connectivity index (χ1) is 14.2. The SMILES string of the molecule is COc1ccc(OC2CNNC2c2ccc(OCc3ccccc3)cc2O)cc1. The maximum absolute atomic E-state index is 10.6. The fourth-order valence-electron chi connectivity index (χ4n) is 3.31. The predicted octanol–water partition coefficient (Wildman–Crippen LogP) is 3.58. The Bertz CT molecular complexity index is 931. The molecule has 2 unspecified atom stereocenters. The van der Waals surface area contributed by atoms with E-state index in [1.165, 1.54) is 0 Å². The molecule has 150 valence electrons. The molecule has 6 nitrogen and oxygen atoms in total. The van der Waals surface area contributed by atoms with Crippen molar-refractivity contribution < 1.29 is 19.3 Å². The van der Waals surface area contributed by atoms with Gasteiger partial charge >= 0.3 is 0 Å². The van der Waals surface area contributed by atoms with Crippen molar-refractivity contribution in [1.29, 1.82) is 0 Å². The van der Waals surface area contributed by atoms with E-state index in [2.05, 4.69) is 10.9 Å². The average molecular weight is 392 g/mol. The lowest BCUT2D eigenvalue weighted by Crippen LogP contribution is -2.28. The first kappa shape index (κ1) is 19.1. The van der Waals surface area contributed by atoms with Crippen LogP contribution in [0, 0.1) is 0 Å². The predicted molar refractivity (Wildman–Crippen MR) is 110 cm³/mol. The van der Waals surface area contributed by atoms with Gasteiger partial charge in [0.2, 0.25) is 0 Å². The third kappa shape index (κ3) is 4.62. The number of nitrogens with one attached hydrogen (secondary N) is 2. The molecule has 1 heterocycles. The van der Waals surface area contributed by atoms with Crippen molar-refractivity contribution in [2.45, 2.75) is 18.8 Å². The Labute approximate surface area is 170 Å². The van der Waals surface area contributed by atoms with Crippen LogP contribution in [-0.4, -0.2) is 24.9 Å². The average Bonchev–Trinajstić information content (AvgIpc) is 3.21. The molecule has 0 saturated carbocycles. The minimum atomic E-state index is -0.194. The molecular weight excluding hydrogens is 368 g/mol. The lowest BCUT2D eigenvalue weighted by Gasteiger charge is -2.21. The Balaban J connectivity index is 1.43. The maximum Gasteiger partial charge on any atom is 0.133 e. The van der Waals surface area contributed by atoms with Gasteiger partial charge < -0.3 is 19.3 Å². The van der Waals surface area contributed by atoms with Gasteiger partial charge in [0, 0.05) is 18.2 Å². The fraction of sp³-hybridized carbons (Fsp3) is 0.217. The number of ether oxygens (including phenoxy) is 3. The Morgan fingerprint density at radius 3 is 2.38 bits per heavy atom. The molecule has 0 bridgehead atoms. The monoisotopic (exact) mass is 392 g/mol. The number of aromatic hydroxyl groups is 1. The molecule has 4 rings (SSSR count). The van der Waals surface area contributed by atoms with Gasteiger partial charge in [-0.1, -0.05) is 30.3 Å². The van der Waals surface area contributed by atoms with Gasteiger partial charge in [-0.3, -0.25) is 5.43 Å². The van der Waals surface area contributed by atoms with Crippen LogP contribution >= 0.6 is 0 Å². The summed E-state index contributed by atoms with van der Waals surface area (Å²) >= 11 is 0. The summed E-state index contributed by atoms with van der Waals surface area (Å²) in [6.45, 7) is 1.06. The maximum atomic E-state index is 10.6. The topological polar surface area (TPSA) is 72.0 Å². The summed E-state index contributed by atoms with van der Waals surface area (Å²) in [4.78, 5) is 0. The van der Waals surface area contributed by atoms with E-state index in [1.807, 2.05) is 66.7 Å². The lowest BCUT2D eigenvalue weighted by atomic mass is 10.0. The molecule has 3 N–H and O–H groups in total. The molecule has 0 aromatic heterocycles. The van der Waals surface area contributed by atoms with Crippen LogP contribution in [0.2, 0.25) is 0 Å². The summed E-state index contributed by atoms with van der Waals surface area (Å²) in [5, 5.41) is 10.6. The molecule has 1 aliphatic rings. The summed E-state index contributed by atoms with van der Waals surface area (Å²) in [7, 11) is 1.63. The van der Waals surface area contributed by atoms with Crippen LogP contribution in [0.1, 0.15) is 17.2 Å². The molecule has 0 radical (unpaired) electrons. The number of rotatable bonds is 7. The number of hydrogen-bond donors (Lipinski definition) is 3. The van der Waals surface area contributed by atoms with Crippen LogP contribution in [0.3, 0.4) is 0 Å². The van der Waals surface area contributed by atoms with Gasteiger partial charge in [0.1, 0.15) is 35.7 Å². The highest BCUT2D eigenvalue weighted by atomic mass is 16.5. The van der Waals surface area contributed by atoms with E-state index >= 15 is 0 Å². The van der Waals surface area contributed by atoms with Crippen LogP contribution in [-0.2, 0) is 6.61 Å². The van der Waals surface area contributed by atoms with E-state index < -0.39 is 0 Å². The molecule has 3 aromatic rings. The number of phenols is 1. The van der Waals surface area contributed by atoms with Crippen molar-refractivity contribution in [2.24, 2.45) is 0 Å². The smallest absolute Gasteiger partial charge is 0.133 e. The zero-order chi connectivity index (χ0) is 20.1. The van der Waals surface area contributed by atoms with E-state index in [0.29, 0.717) is 18.9 Å². The third-order valence-electron chi connectivity index (χ3n) is 4.86. The number of methoxy groups -OCH3 is 1. The van der Waals surface area contributed by atoms with Gasteiger partial charge in [0.05, 0.1) is 13.2 Å². The van der Waals surface area contributed by atoms with Crippen LogP contribution in [0.5, 0.6) is 23.0 Å². The minimum absolute atomic E-state index is 0.167. The largest absolute Gasteiger partial charge is 0.507 e. The van der Waals surface area contributed by atoms with Gasteiger partial charge in [0.25, 0.3) is 0 Å². The molecule has 1 aliphatic heterocycles. The van der Waals surface area contributed by atoms with Gasteiger partial charge in [-0.25, -0.2) is 5.43 Å². The quantitative estimate of drug-likeness (QED) is 0.571. The van der Waals surface area contributed by atoms with E-state index in [9.17, 15) is 5.11 Å². The van der Waals surface area contributed by atoms with Crippen molar-refractivity contribution >= 4 is 0 Å². The van der Waals surface area contributed by atoms with Crippen LogP contribution < -0.4 is 25.1 Å². The molecule has 0 aliphatic carbocycles. The number of hydrazine groups is 1. The van der Waals surface area contributed by atoms with E-state index in [-0.39, 0.29) is 17.9 Å². The summed E-state index contributed by atoms with van der Waals surface area (Å²) in [6, 6.07) is 22.6. The van der Waals surface area contributed by atoms with Crippen molar-refractivity contribution in [2.75, 3.05) is 13.7 Å². The molecule has 0 amide bonds.